The second-order valence-electron chi connectivity index (χ2n) is 5.68. The van der Waals surface area contributed by atoms with Gasteiger partial charge >= 0.3 is 6.09 Å². The predicted molar refractivity (Wildman–Crippen MR) is 74.5 cm³/mol. The molecular weight excluding hydrogens is 276 g/mol. The van der Waals surface area contributed by atoms with Crippen LogP contribution in [0.15, 0.2) is 18.2 Å². The first-order chi connectivity index (χ1) is 9.89. The second kappa shape index (κ2) is 6.19. The first-order valence-corrected chi connectivity index (χ1v) is 6.65. The Morgan fingerprint density at radius 2 is 2.10 bits per heavy atom. The Balaban J connectivity index is 1.95. The molecule has 21 heavy (non-hydrogen) atoms. The van der Waals surface area contributed by atoms with E-state index < -0.39 is 17.7 Å². The van der Waals surface area contributed by atoms with Crippen molar-refractivity contribution in [2.24, 2.45) is 0 Å². The van der Waals surface area contributed by atoms with Crippen LogP contribution in [0.3, 0.4) is 0 Å². The highest BCUT2D eigenvalue weighted by Gasteiger charge is 2.20. The zero-order valence-corrected chi connectivity index (χ0v) is 12.3. The number of hydroxylamine groups is 1. The third-order valence-electron chi connectivity index (χ3n) is 2.80. The van der Waals surface area contributed by atoms with E-state index in [2.05, 4.69) is 10.8 Å². The molecule has 1 amide bonds. The van der Waals surface area contributed by atoms with Crippen LogP contribution in [0.25, 0.3) is 0 Å². The zero-order chi connectivity index (χ0) is 15.5. The van der Waals surface area contributed by atoms with Crippen molar-refractivity contribution in [3.05, 3.63) is 23.8 Å². The van der Waals surface area contributed by atoms with E-state index in [0.29, 0.717) is 11.5 Å². The molecule has 0 unspecified atom stereocenters. The number of carbonyl (C=O) groups is 1. The summed E-state index contributed by atoms with van der Waals surface area (Å²) in [6, 6.07) is 4.83. The molecule has 0 saturated carbocycles. The van der Waals surface area contributed by atoms with Crippen molar-refractivity contribution < 1.29 is 24.2 Å². The fraction of sp³-hybridized carbons (Fsp3) is 0.500. The molecule has 1 aromatic rings. The van der Waals surface area contributed by atoms with Gasteiger partial charge in [0, 0.05) is 6.54 Å². The van der Waals surface area contributed by atoms with Gasteiger partial charge in [-0.2, -0.15) is 5.48 Å². The standard InChI is InChI=1S/C14H20N2O5/c1-14(2,3)21-13(17)15-7-10(16-18)9-4-5-11-12(6-9)20-8-19-11/h4-6,10,16,18H,7-8H2,1-3H3,(H,15,17)/t10-/m0/s1. The van der Waals surface area contributed by atoms with Crippen LogP contribution in [0.5, 0.6) is 11.5 Å². The summed E-state index contributed by atoms with van der Waals surface area (Å²) in [6.45, 7) is 5.71. The highest BCUT2D eigenvalue weighted by atomic mass is 16.7. The number of hydrogen-bond donors (Lipinski definition) is 3. The van der Waals surface area contributed by atoms with E-state index in [1.165, 1.54) is 0 Å². The topological polar surface area (TPSA) is 89.1 Å². The summed E-state index contributed by atoms with van der Waals surface area (Å²) >= 11 is 0. The third-order valence-corrected chi connectivity index (χ3v) is 2.80. The smallest absolute Gasteiger partial charge is 0.407 e. The Labute approximate surface area is 123 Å². The van der Waals surface area contributed by atoms with Crippen LogP contribution >= 0.6 is 0 Å². The normalized spacial score (nSPS) is 14.7. The van der Waals surface area contributed by atoms with Crippen molar-refractivity contribution in [1.29, 1.82) is 0 Å². The summed E-state index contributed by atoms with van der Waals surface area (Å²) in [7, 11) is 0. The number of fused-ring (bicyclic) bond motifs is 1. The van der Waals surface area contributed by atoms with Crippen LogP contribution in [0.4, 0.5) is 4.79 Å². The van der Waals surface area contributed by atoms with Gasteiger partial charge in [0.05, 0.1) is 6.04 Å². The molecule has 116 valence electrons. The maximum Gasteiger partial charge on any atom is 0.407 e. The van der Waals surface area contributed by atoms with Gasteiger partial charge in [-0.25, -0.2) is 4.79 Å². The molecule has 0 fully saturated rings. The van der Waals surface area contributed by atoms with Gasteiger partial charge in [0.1, 0.15) is 5.60 Å². The average molecular weight is 296 g/mol. The molecule has 1 aromatic carbocycles. The van der Waals surface area contributed by atoms with Crippen LogP contribution < -0.4 is 20.3 Å². The van der Waals surface area contributed by atoms with Crippen LogP contribution in [-0.4, -0.2) is 30.2 Å². The summed E-state index contributed by atoms with van der Waals surface area (Å²) in [5.74, 6) is 1.28. The fourth-order valence-corrected chi connectivity index (χ4v) is 1.87. The van der Waals surface area contributed by atoms with Crippen molar-refractivity contribution in [3.63, 3.8) is 0 Å². The van der Waals surface area contributed by atoms with Crippen molar-refractivity contribution in [2.45, 2.75) is 32.4 Å². The Morgan fingerprint density at radius 1 is 1.38 bits per heavy atom. The lowest BCUT2D eigenvalue weighted by atomic mass is 10.1. The Bertz CT molecular complexity index is 513. The molecule has 3 N–H and O–H groups in total. The van der Waals surface area contributed by atoms with Crippen LogP contribution in [-0.2, 0) is 4.74 Å². The van der Waals surface area contributed by atoms with Crippen molar-refractivity contribution >= 4 is 6.09 Å². The number of alkyl carbamates (subject to hydrolysis) is 1. The quantitative estimate of drug-likeness (QED) is 0.736. The molecule has 0 aliphatic carbocycles. The van der Waals surface area contributed by atoms with E-state index in [9.17, 15) is 10.0 Å². The van der Waals surface area contributed by atoms with E-state index in [0.717, 1.165) is 5.56 Å². The number of carbonyl (C=O) groups excluding carboxylic acids is 1. The average Bonchev–Trinajstić information content (AvgIpc) is 2.84. The number of hydrogen-bond acceptors (Lipinski definition) is 6. The molecule has 0 aromatic heterocycles. The highest BCUT2D eigenvalue weighted by molar-refractivity contribution is 5.67. The Kier molecular flexibility index (Phi) is 4.54. The van der Waals surface area contributed by atoms with E-state index in [1.54, 1.807) is 39.0 Å². The molecule has 0 bridgehead atoms. The number of nitrogens with one attached hydrogen (secondary N) is 2. The van der Waals surface area contributed by atoms with E-state index in [1.807, 2.05) is 0 Å². The van der Waals surface area contributed by atoms with Crippen LogP contribution in [0.2, 0.25) is 0 Å². The van der Waals surface area contributed by atoms with E-state index in [4.69, 9.17) is 14.2 Å². The van der Waals surface area contributed by atoms with Gasteiger partial charge < -0.3 is 24.7 Å². The number of benzene rings is 1. The highest BCUT2D eigenvalue weighted by Crippen LogP contribution is 2.34. The van der Waals surface area contributed by atoms with Crippen LogP contribution in [0.1, 0.15) is 32.4 Å². The molecule has 1 heterocycles. The summed E-state index contributed by atoms with van der Waals surface area (Å²) in [5.41, 5.74) is 2.36. The summed E-state index contributed by atoms with van der Waals surface area (Å²) in [5, 5.41) is 11.9. The zero-order valence-electron chi connectivity index (χ0n) is 12.3. The Hall–Kier alpha value is -1.99. The van der Waals surface area contributed by atoms with Gasteiger partial charge in [-0.05, 0) is 38.5 Å². The van der Waals surface area contributed by atoms with Gasteiger partial charge in [0.25, 0.3) is 0 Å². The minimum absolute atomic E-state index is 0.172. The molecule has 0 saturated heterocycles. The SMILES string of the molecule is CC(C)(C)OC(=O)NC[C@H](NO)c1ccc2c(c1)OCO2. The van der Waals surface area contributed by atoms with Gasteiger partial charge in [0.15, 0.2) is 11.5 Å². The Morgan fingerprint density at radius 3 is 2.76 bits per heavy atom. The predicted octanol–water partition coefficient (Wildman–Crippen LogP) is 1.96. The fourth-order valence-electron chi connectivity index (χ4n) is 1.87. The van der Waals surface area contributed by atoms with Gasteiger partial charge in [0.2, 0.25) is 6.79 Å². The lowest BCUT2D eigenvalue weighted by Crippen LogP contribution is -2.37. The number of ether oxygens (including phenoxy) is 3. The van der Waals surface area contributed by atoms with Crippen LogP contribution in [0, 0.1) is 0 Å². The van der Waals surface area contributed by atoms with Crippen molar-refractivity contribution in [1.82, 2.24) is 10.8 Å². The monoisotopic (exact) mass is 296 g/mol. The molecule has 2 rings (SSSR count). The lowest BCUT2D eigenvalue weighted by molar-refractivity contribution is 0.0502. The molecule has 1 aliphatic rings. The first kappa shape index (κ1) is 15.4. The van der Waals surface area contributed by atoms with Crippen molar-refractivity contribution in [2.75, 3.05) is 13.3 Å². The summed E-state index contributed by atoms with van der Waals surface area (Å²) < 4.78 is 15.6. The largest absolute Gasteiger partial charge is 0.454 e. The lowest BCUT2D eigenvalue weighted by Gasteiger charge is -2.21. The van der Waals surface area contributed by atoms with Gasteiger partial charge in [-0.1, -0.05) is 6.07 Å². The maximum atomic E-state index is 11.6. The van der Waals surface area contributed by atoms with E-state index >= 15 is 0 Å². The molecular formula is C14H20N2O5. The molecule has 7 nitrogen and oxygen atoms in total. The second-order valence-corrected chi connectivity index (χ2v) is 5.68. The minimum Gasteiger partial charge on any atom is -0.454 e. The summed E-state index contributed by atoms with van der Waals surface area (Å²) in [4.78, 5) is 11.6. The van der Waals surface area contributed by atoms with Crippen molar-refractivity contribution in [3.8, 4) is 11.5 Å². The summed E-state index contributed by atoms with van der Waals surface area (Å²) in [6.07, 6.45) is -0.538. The third kappa shape index (κ3) is 4.24. The molecule has 0 radical (unpaired) electrons. The molecule has 1 aliphatic heterocycles. The number of rotatable bonds is 4. The molecule has 0 spiro atoms. The van der Waals surface area contributed by atoms with Gasteiger partial charge in [-0.15, -0.1) is 0 Å². The van der Waals surface area contributed by atoms with E-state index in [-0.39, 0.29) is 13.3 Å². The number of amides is 1. The minimum atomic E-state index is -0.565. The molecule has 7 heteroatoms. The molecule has 1 atom stereocenters. The first-order valence-electron chi connectivity index (χ1n) is 6.65. The van der Waals surface area contributed by atoms with Gasteiger partial charge in [-0.3, -0.25) is 0 Å². The maximum absolute atomic E-state index is 11.6.